The minimum absolute atomic E-state index is 0.447. The number of hydrogen-bond donors (Lipinski definition) is 1. The van der Waals surface area contributed by atoms with Gasteiger partial charge in [-0.05, 0) is 67.6 Å². The Kier molecular flexibility index (Phi) is 5.13. The van der Waals surface area contributed by atoms with Crippen LogP contribution >= 0.6 is 11.3 Å². The molecule has 144 valence electrons. The zero-order valence-electron chi connectivity index (χ0n) is 16.1. The van der Waals surface area contributed by atoms with Gasteiger partial charge >= 0.3 is 11.8 Å². The van der Waals surface area contributed by atoms with E-state index < -0.39 is 11.8 Å². The highest BCUT2D eigenvalue weighted by Crippen LogP contribution is 2.31. The minimum atomic E-state index is -0.572. The van der Waals surface area contributed by atoms with Crippen LogP contribution in [0.2, 0.25) is 0 Å². The van der Waals surface area contributed by atoms with Crippen LogP contribution in [0, 0.1) is 12.8 Å². The Hall–Kier alpha value is -2.73. The molecule has 3 aromatic rings. The van der Waals surface area contributed by atoms with Crippen LogP contribution in [0.1, 0.15) is 25.3 Å². The minimum Gasteiger partial charge on any atom is -0.334 e. The molecule has 2 amide bonds. The number of carbonyl (C=O) groups excluding carboxylic acids is 2. The molecule has 1 fully saturated rings. The Morgan fingerprint density at radius 3 is 2.71 bits per heavy atom. The second kappa shape index (κ2) is 7.72. The summed E-state index contributed by atoms with van der Waals surface area (Å²) in [6.45, 7) is 5.50. The molecule has 1 unspecified atom stereocenters. The van der Waals surface area contributed by atoms with Gasteiger partial charge in [-0.25, -0.2) is 4.98 Å². The Morgan fingerprint density at radius 2 is 1.96 bits per heavy atom. The third-order valence-corrected chi connectivity index (χ3v) is 6.14. The molecular weight excluding hydrogens is 370 g/mol. The van der Waals surface area contributed by atoms with Crippen molar-refractivity contribution < 1.29 is 9.59 Å². The lowest BCUT2D eigenvalue weighted by atomic mass is 10.0. The van der Waals surface area contributed by atoms with Crippen LogP contribution in [0.3, 0.4) is 0 Å². The Morgan fingerprint density at radius 1 is 1.18 bits per heavy atom. The van der Waals surface area contributed by atoms with Gasteiger partial charge in [0, 0.05) is 24.3 Å². The quantitative estimate of drug-likeness (QED) is 0.654. The van der Waals surface area contributed by atoms with Gasteiger partial charge in [-0.1, -0.05) is 13.0 Å². The number of anilines is 1. The number of nitrogens with one attached hydrogen (secondary N) is 1. The number of thiazole rings is 1. The van der Waals surface area contributed by atoms with E-state index in [1.165, 1.54) is 5.56 Å². The summed E-state index contributed by atoms with van der Waals surface area (Å²) in [4.78, 5) is 31.0. The summed E-state index contributed by atoms with van der Waals surface area (Å²) >= 11 is 1.65. The first-order valence-corrected chi connectivity index (χ1v) is 10.4. The number of hydrogen-bond acceptors (Lipinski definition) is 4. The molecule has 5 nitrogen and oxygen atoms in total. The highest BCUT2D eigenvalue weighted by molar-refractivity contribution is 7.21. The van der Waals surface area contributed by atoms with Crippen LogP contribution in [0.5, 0.6) is 0 Å². The molecule has 0 spiro atoms. The van der Waals surface area contributed by atoms with E-state index in [0.717, 1.165) is 33.6 Å². The van der Waals surface area contributed by atoms with Crippen LogP contribution < -0.4 is 5.32 Å². The number of benzene rings is 2. The predicted molar refractivity (Wildman–Crippen MR) is 113 cm³/mol. The molecule has 0 radical (unpaired) electrons. The van der Waals surface area contributed by atoms with Crippen molar-refractivity contribution in [2.45, 2.75) is 26.7 Å². The third kappa shape index (κ3) is 3.92. The fourth-order valence-electron chi connectivity index (χ4n) is 3.55. The summed E-state index contributed by atoms with van der Waals surface area (Å²) < 4.78 is 1.16. The van der Waals surface area contributed by atoms with Gasteiger partial charge in [0.2, 0.25) is 0 Å². The Bertz CT molecular complexity index is 1030. The number of aryl methyl sites for hydroxylation is 1. The maximum atomic E-state index is 12.4. The van der Waals surface area contributed by atoms with Gasteiger partial charge in [-0.3, -0.25) is 9.59 Å². The number of amides is 2. The number of carbonyl (C=O) groups is 2. The second-order valence-corrected chi connectivity index (χ2v) is 8.55. The average Bonchev–Trinajstić information content (AvgIpc) is 3.11. The van der Waals surface area contributed by atoms with Crippen molar-refractivity contribution in [3.63, 3.8) is 0 Å². The van der Waals surface area contributed by atoms with Crippen molar-refractivity contribution in [3.8, 4) is 10.6 Å². The summed E-state index contributed by atoms with van der Waals surface area (Å²) in [5.74, 6) is -0.572. The lowest BCUT2D eigenvalue weighted by Gasteiger charge is -2.30. The fourth-order valence-corrected chi connectivity index (χ4v) is 4.62. The molecule has 4 rings (SSSR count). The van der Waals surface area contributed by atoms with Gasteiger partial charge in [-0.2, -0.15) is 0 Å². The van der Waals surface area contributed by atoms with Gasteiger partial charge < -0.3 is 10.2 Å². The van der Waals surface area contributed by atoms with E-state index in [-0.39, 0.29) is 0 Å². The molecule has 28 heavy (non-hydrogen) atoms. The Labute approximate surface area is 168 Å². The number of rotatable bonds is 2. The van der Waals surface area contributed by atoms with Crippen LogP contribution in [-0.4, -0.2) is 34.8 Å². The standard InChI is InChI=1S/C22H23N3O2S/c1-14-5-10-18-19(12-14)28-21(24-18)16-6-8-17(9-7-16)23-20(26)22(27)25-11-3-4-15(2)13-25/h5-10,12,15H,3-4,11,13H2,1-2H3,(H,23,26). The van der Waals surface area contributed by atoms with Gasteiger partial charge in [0.05, 0.1) is 10.2 Å². The molecule has 2 aromatic carbocycles. The summed E-state index contributed by atoms with van der Waals surface area (Å²) in [6, 6.07) is 13.7. The molecule has 1 aromatic heterocycles. The molecule has 0 aliphatic carbocycles. The second-order valence-electron chi connectivity index (χ2n) is 7.52. The predicted octanol–water partition coefficient (Wildman–Crippen LogP) is 4.47. The van der Waals surface area contributed by atoms with E-state index in [1.54, 1.807) is 16.2 Å². The van der Waals surface area contributed by atoms with Crippen molar-refractivity contribution in [3.05, 3.63) is 48.0 Å². The topological polar surface area (TPSA) is 62.3 Å². The van der Waals surface area contributed by atoms with Crippen LogP contribution in [0.15, 0.2) is 42.5 Å². The first-order valence-electron chi connectivity index (χ1n) is 9.57. The number of piperidine rings is 1. The zero-order chi connectivity index (χ0) is 19.7. The monoisotopic (exact) mass is 393 g/mol. The van der Waals surface area contributed by atoms with E-state index in [4.69, 9.17) is 0 Å². The third-order valence-electron chi connectivity index (χ3n) is 5.07. The molecule has 1 aliphatic rings. The highest BCUT2D eigenvalue weighted by atomic mass is 32.1. The number of likely N-dealkylation sites (tertiary alicyclic amines) is 1. The van der Waals surface area contributed by atoms with E-state index >= 15 is 0 Å². The molecule has 2 heterocycles. The summed E-state index contributed by atoms with van der Waals surface area (Å²) in [5, 5.41) is 3.66. The summed E-state index contributed by atoms with van der Waals surface area (Å²) in [6.07, 6.45) is 2.06. The van der Waals surface area contributed by atoms with Crippen LogP contribution in [0.4, 0.5) is 5.69 Å². The van der Waals surface area contributed by atoms with E-state index in [9.17, 15) is 9.59 Å². The Balaban J connectivity index is 1.45. The number of fused-ring (bicyclic) bond motifs is 1. The van der Waals surface area contributed by atoms with E-state index in [1.807, 2.05) is 30.3 Å². The van der Waals surface area contributed by atoms with Crippen molar-refractivity contribution >= 4 is 39.1 Å². The first kappa shape index (κ1) is 18.6. The van der Waals surface area contributed by atoms with E-state index in [0.29, 0.717) is 24.7 Å². The molecule has 0 bridgehead atoms. The van der Waals surface area contributed by atoms with Gasteiger partial charge in [-0.15, -0.1) is 11.3 Å². The summed E-state index contributed by atoms with van der Waals surface area (Å²) in [5.41, 5.74) is 3.81. The lowest BCUT2D eigenvalue weighted by molar-refractivity contribution is -0.144. The normalized spacial score (nSPS) is 16.9. The van der Waals surface area contributed by atoms with Crippen molar-refractivity contribution in [2.24, 2.45) is 5.92 Å². The molecule has 6 heteroatoms. The molecule has 0 saturated carbocycles. The number of aromatic nitrogens is 1. The van der Waals surface area contributed by atoms with Crippen molar-refractivity contribution in [1.82, 2.24) is 9.88 Å². The maximum absolute atomic E-state index is 12.4. The van der Waals surface area contributed by atoms with Gasteiger partial charge in [0.15, 0.2) is 0 Å². The first-order chi connectivity index (χ1) is 13.5. The maximum Gasteiger partial charge on any atom is 0.313 e. The molecular formula is C22H23N3O2S. The average molecular weight is 394 g/mol. The molecule has 1 atom stereocenters. The number of nitrogens with zero attached hydrogens (tertiary/aromatic N) is 2. The van der Waals surface area contributed by atoms with Crippen LogP contribution in [-0.2, 0) is 9.59 Å². The lowest BCUT2D eigenvalue weighted by Crippen LogP contribution is -2.44. The largest absolute Gasteiger partial charge is 0.334 e. The van der Waals surface area contributed by atoms with Gasteiger partial charge in [0.25, 0.3) is 0 Å². The molecule has 1 N–H and O–H groups in total. The highest BCUT2D eigenvalue weighted by Gasteiger charge is 2.26. The van der Waals surface area contributed by atoms with Gasteiger partial charge in [0.1, 0.15) is 5.01 Å². The van der Waals surface area contributed by atoms with Crippen molar-refractivity contribution in [2.75, 3.05) is 18.4 Å². The van der Waals surface area contributed by atoms with E-state index in [2.05, 4.69) is 36.3 Å². The smallest absolute Gasteiger partial charge is 0.313 e. The van der Waals surface area contributed by atoms with Crippen molar-refractivity contribution in [1.29, 1.82) is 0 Å². The van der Waals surface area contributed by atoms with Crippen LogP contribution in [0.25, 0.3) is 20.8 Å². The molecule has 1 aliphatic heterocycles. The zero-order valence-corrected chi connectivity index (χ0v) is 16.9. The summed E-state index contributed by atoms with van der Waals surface area (Å²) in [7, 11) is 0. The SMILES string of the molecule is Cc1ccc2nc(-c3ccc(NC(=O)C(=O)N4CCCC(C)C4)cc3)sc2c1. The fraction of sp³-hybridized carbons (Fsp3) is 0.318. The molecule has 1 saturated heterocycles.